The minimum Gasteiger partial charge on any atom is -0.328 e. The summed E-state index contributed by atoms with van der Waals surface area (Å²) in [6.45, 7) is 4.18. The topological polar surface area (TPSA) is 26.0 Å². The van der Waals surface area contributed by atoms with Gasteiger partial charge in [0, 0.05) is 21.7 Å². The third-order valence-electron chi connectivity index (χ3n) is 3.22. The largest absolute Gasteiger partial charge is 0.328 e. The Morgan fingerprint density at radius 1 is 1.15 bits per heavy atom. The van der Waals surface area contributed by atoms with Crippen molar-refractivity contribution in [1.29, 1.82) is 0 Å². The lowest BCUT2D eigenvalue weighted by molar-refractivity contribution is 0.729. The Hall–Kier alpha value is -0.960. The van der Waals surface area contributed by atoms with Gasteiger partial charge < -0.3 is 5.73 Å². The van der Waals surface area contributed by atoms with Crippen LogP contribution in [0.4, 0.5) is 0 Å². The quantitative estimate of drug-likeness (QED) is 0.801. The molecule has 2 aromatic rings. The molecule has 0 amide bonds. The smallest absolute Gasteiger partial charge is 0.0417 e. The van der Waals surface area contributed by atoms with E-state index in [2.05, 4.69) is 37.3 Å². The molecular weight excluding hydrogens is 286 g/mol. The lowest BCUT2D eigenvalue weighted by Crippen LogP contribution is -2.18. The number of nitrogens with two attached hydrogens (primary N) is 1. The number of thioether (sulfide) groups is 1. The molecule has 0 aliphatic heterocycles. The molecule has 106 valence electrons. The van der Waals surface area contributed by atoms with Crippen LogP contribution in [0.2, 0.25) is 5.02 Å². The van der Waals surface area contributed by atoms with E-state index in [4.69, 9.17) is 17.3 Å². The van der Waals surface area contributed by atoms with E-state index < -0.39 is 0 Å². The van der Waals surface area contributed by atoms with Crippen molar-refractivity contribution in [3.63, 3.8) is 0 Å². The number of rotatable bonds is 5. The zero-order valence-corrected chi connectivity index (χ0v) is 13.5. The molecule has 0 aliphatic carbocycles. The predicted octanol–water partition coefficient (Wildman–Crippen LogP) is 4.83. The molecular formula is C17H20ClNS. The molecule has 0 spiro atoms. The third-order valence-corrected chi connectivity index (χ3v) is 4.60. The zero-order chi connectivity index (χ0) is 14.5. The van der Waals surface area contributed by atoms with Gasteiger partial charge in [0.15, 0.2) is 0 Å². The van der Waals surface area contributed by atoms with E-state index in [1.165, 1.54) is 21.6 Å². The predicted molar refractivity (Wildman–Crippen MR) is 89.5 cm³/mol. The van der Waals surface area contributed by atoms with E-state index in [0.29, 0.717) is 0 Å². The molecule has 2 rings (SSSR count). The summed E-state index contributed by atoms with van der Waals surface area (Å²) in [5.74, 6) is 0.957. The van der Waals surface area contributed by atoms with Crippen molar-refractivity contribution in [2.75, 3.05) is 0 Å². The second-order valence-corrected chi connectivity index (χ2v) is 6.60. The van der Waals surface area contributed by atoms with Crippen molar-refractivity contribution >= 4 is 23.4 Å². The zero-order valence-electron chi connectivity index (χ0n) is 11.9. The van der Waals surface area contributed by atoms with Gasteiger partial charge in [0.1, 0.15) is 0 Å². The van der Waals surface area contributed by atoms with Gasteiger partial charge in [-0.3, -0.25) is 0 Å². The lowest BCUT2D eigenvalue weighted by Gasteiger charge is -2.12. The van der Waals surface area contributed by atoms with Crippen LogP contribution in [-0.2, 0) is 12.2 Å². The van der Waals surface area contributed by atoms with Crippen molar-refractivity contribution in [3.8, 4) is 0 Å². The maximum absolute atomic E-state index is 6.12. The summed E-state index contributed by atoms with van der Waals surface area (Å²) in [4.78, 5) is 1.23. The number of benzene rings is 2. The van der Waals surface area contributed by atoms with Crippen molar-refractivity contribution in [2.24, 2.45) is 5.73 Å². The summed E-state index contributed by atoms with van der Waals surface area (Å²) in [7, 11) is 0. The fraction of sp³-hybridized carbons (Fsp3) is 0.294. The van der Waals surface area contributed by atoms with Crippen LogP contribution < -0.4 is 5.73 Å². The van der Waals surface area contributed by atoms with E-state index in [0.717, 1.165) is 17.2 Å². The van der Waals surface area contributed by atoms with Crippen molar-refractivity contribution in [2.45, 2.75) is 37.0 Å². The van der Waals surface area contributed by atoms with Crippen LogP contribution in [0.3, 0.4) is 0 Å². The Kier molecular flexibility index (Phi) is 5.53. The van der Waals surface area contributed by atoms with E-state index in [1.54, 1.807) is 0 Å². The normalized spacial score (nSPS) is 12.4. The van der Waals surface area contributed by atoms with E-state index in [1.807, 2.05) is 30.8 Å². The SMILES string of the molecule is Cc1ccccc1CSc1cc(Cl)ccc1CC(C)N. The van der Waals surface area contributed by atoms with Gasteiger partial charge in [0.05, 0.1) is 0 Å². The van der Waals surface area contributed by atoms with Crippen LogP contribution in [0.5, 0.6) is 0 Å². The highest BCUT2D eigenvalue weighted by Gasteiger charge is 2.08. The highest BCUT2D eigenvalue weighted by molar-refractivity contribution is 7.98. The molecule has 0 saturated carbocycles. The molecule has 1 nitrogen and oxygen atoms in total. The maximum Gasteiger partial charge on any atom is 0.0417 e. The molecule has 0 saturated heterocycles. The van der Waals surface area contributed by atoms with Crippen LogP contribution >= 0.6 is 23.4 Å². The first-order valence-corrected chi connectivity index (χ1v) is 8.14. The minimum absolute atomic E-state index is 0.161. The van der Waals surface area contributed by atoms with Crippen molar-refractivity contribution in [3.05, 3.63) is 64.2 Å². The van der Waals surface area contributed by atoms with Gasteiger partial charge >= 0.3 is 0 Å². The van der Waals surface area contributed by atoms with E-state index >= 15 is 0 Å². The number of aryl methyl sites for hydroxylation is 1. The third kappa shape index (κ3) is 4.27. The van der Waals surface area contributed by atoms with E-state index in [9.17, 15) is 0 Å². The van der Waals surface area contributed by atoms with Crippen LogP contribution in [0.25, 0.3) is 0 Å². The van der Waals surface area contributed by atoms with Crippen LogP contribution in [-0.4, -0.2) is 6.04 Å². The number of hydrogen-bond acceptors (Lipinski definition) is 2. The average molecular weight is 306 g/mol. The van der Waals surface area contributed by atoms with Gasteiger partial charge in [-0.15, -0.1) is 11.8 Å². The molecule has 20 heavy (non-hydrogen) atoms. The first kappa shape index (κ1) is 15.4. The molecule has 0 fully saturated rings. The molecule has 2 N–H and O–H groups in total. The highest BCUT2D eigenvalue weighted by Crippen LogP contribution is 2.30. The highest BCUT2D eigenvalue weighted by atomic mass is 35.5. The van der Waals surface area contributed by atoms with Gasteiger partial charge in [-0.1, -0.05) is 41.9 Å². The molecule has 1 unspecified atom stereocenters. The molecule has 0 radical (unpaired) electrons. The molecule has 0 aromatic heterocycles. The summed E-state index contributed by atoms with van der Waals surface area (Å²) in [5, 5.41) is 0.783. The number of halogens is 1. The first-order chi connectivity index (χ1) is 9.56. The van der Waals surface area contributed by atoms with Gasteiger partial charge in [0.25, 0.3) is 0 Å². The summed E-state index contributed by atoms with van der Waals surface area (Å²) in [5.41, 5.74) is 9.90. The van der Waals surface area contributed by atoms with Gasteiger partial charge in [-0.05, 0) is 49.1 Å². The summed E-state index contributed by atoms with van der Waals surface area (Å²) < 4.78 is 0. The molecule has 0 aliphatic rings. The fourth-order valence-corrected chi connectivity index (χ4v) is 3.52. The Morgan fingerprint density at radius 2 is 1.90 bits per heavy atom. The summed E-state index contributed by atoms with van der Waals surface area (Å²) in [6.07, 6.45) is 0.882. The van der Waals surface area contributed by atoms with Crippen LogP contribution in [0.1, 0.15) is 23.6 Å². The Balaban J connectivity index is 2.16. The molecule has 1 atom stereocenters. The standard InChI is InChI=1S/C17H20ClNS/c1-12-5-3-4-6-15(12)11-20-17-10-16(18)8-7-14(17)9-13(2)19/h3-8,10,13H,9,11,19H2,1-2H3. The Bertz CT molecular complexity index is 581. The lowest BCUT2D eigenvalue weighted by atomic mass is 10.1. The van der Waals surface area contributed by atoms with Crippen molar-refractivity contribution < 1.29 is 0 Å². The molecule has 0 heterocycles. The van der Waals surface area contributed by atoms with E-state index in [-0.39, 0.29) is 6.04 Å². The Morgan fingerprint density at radius 3 is 2.60 bits per heavy atom. The van der Waals surface area contributed by atoms with Crippen molar-refractivity contribution in [1.82, 2.24) is 0 Å². The van der Waals surface area contributed by atoms with Gasteiger partial charge in [-0.2, -0.15) is 0 Å². The second-order valence-electron chi connectivity index (χ2n) is 5.15. The molecule has 3 heteroatoms. The molecule has 2 aromatic carbocycles. The second kappa shape index (κ2) is 7.16. The summed E-state index contributed by atoms with van der Waals surface area (Å²) in [6, 6.07) is 14.7. The summed E-state index contributed by atoms with van der Waals surface area (Å²) >= 11 is 7.95. The monoisotopic (exact) mass is 305 g/mol. The Labute approximate surface area is 130 Å². The minimum atomic E-state index is 0.161. The van der Waals surface area contributed by atoms with Crippen LogP contribution in [0, 0.1) is 6.92 Å². The fourth-order valence-electron chi connectivity index (χ4n) is 2.11. The van der Waals surface area contributed by atoms with Crippen LogP contribution in [0.15, 0.2) is 47.4 Å². The maximum atomic E-state index is 6.12. The van der Waals surface area contributed by atoms with Gasteiger partial charge in [0.2, 0.25) is 0 Å². The molecule has 0 bridgehead atoms. The first-order valence-electron chi connectivity index (χ1n) is 6.77. The number of hydrogen-bond donors (Lipinski definition) is 1. The average Bonchev–Trinajstić information content (AvgIpc) is 2.40. The van der Waals surface area contributed by atoms with Gasteiger partial charge in [-0.25, -0.2) is 0 Å².